The van der Waals surface area contributed by atoms with Crippen molar-refractivity contribution < 1.29 is 4.79 Å². The van der Waals surface area contributed by atoms with Crippen molar-refractivity contribution in [2.45, 2.75) is 25.7 Å². The zero-order chi connectivity index (χ0) is 9.94. The molecular weight excluding hydrogens is 184 g/mol. The van der Waals surface area contributed by atoms with Crippen LogP contribution in [0.15, 0.2) is 0 Å². The molecule has 78 valence electrons. The fraction of sp³-hybridized carbons (Fsp3) is 0.889. The number of rotatable bonds is 8. The van der Waals surface area contributed by atoms with Crippen LogP contribution in [0.3, 0.4) is 0 Å². The van der Waals surface area contributed by atoms with E-state index in [4.69, 9.17) is 5.73 Å². The quantitative estimate of drug-likeness (QED) is 0.580. The zero-order valence-corrected chi connectivity index (χ0v) is 9.16. The normalized spacial score (nSPS) is 10.0. The summed E-state index contributed by atoms with van der Waals surface area (Å²) in [5, 5.41) is 2.87. The lowest BCUT2D eigenvalue weighted by atomic mass is 10.3. The highest BCUT2D eigenvalue weighted by molar-refractivity contribution is 7.98. The second-order valence-electron chi connectivity index (χ2n) is 2.94. The summed E-state index contributed by atoms with van der Waals surface area (Å²) >= 11 is 1.85. The van der Waals surface area contributed by atoms with E-state index in [9.17, 15) is 4.79 Å². The molecule has 1 amide bonds. The highest BCUT2D eigenvalue weighted by Crippen LogP contribution is 1.97. The third-order valence-electron chi connectivity index (χ3n) is 1.71. The Kier molecular flexibility index (Phi) is 9.70. The van der Waals surface area contributed by atoms with Crippen molar-refractivity contribution >= 4 is 17.7 Å². The molecule has 0 aliphatic rings. The maximum atomic E-state index is 11.1. The topological polar surface area (TPSA) is 55.1 Å². The molecule has 0 aromatic heterocycles. The molecule has 0 fully saturated rings. The largest absolute Gasteiger partial charge is 0.356 e. The zero-order valence-electron chi connectivity index (χ0n) is 8.34. The van der Waals surface area contributed by atoms with Gasteiger partial charge in [-0.1, -0.05) is 0 Å². The van der Waals surface area contributed by atoms with E-state index in [1.54, 1.807) is 0 Å². The van der Waals surface area contributed by atoms with E-state index in [1.165, 1.54) is 12.2 Å². The fourth-order valence-corrected chi connectivity index (χ4v) is 1.44. The van der Waals surface area contributed by atoms with Crippen molar-refractivity contribution in [3.8, 4) is 0 Å². The van der Waals surface area contributed by atoms with Gasteiger partial charge >= 0.3 is 0 Å². The second kappa shape index (κ2) is 9.86. The van der Waals surface area contributed by atoms with E-state index in [2.05, 4.69) is 11.6 Å². The van der Waals surface area contributed by atoms with Crippen LogP contribution in [0.5, 0.6) is 0 Å². The number of thioether (sulfide) groups is 1. The molecule has 3 N–H and O–H groups in total. The molecule has 3 nitrogen and oxygen atoms in total. The van der Waals surface area contributed by atoms with Crippen LogP contribution in [0, 0.1) is 0 Å². The Hall–Kier alpha value is -0.220. The van der Waals surface area contributed by atoms with Crippen LogP contribution in [0.1, 0.15) is 25.7 Å². The summed E-state index contributed by atoms with van der Waals surface area (Å²) in [4.78, 5) is 11.1. The molecule has 0 radical (unpaired) electrons. The number of carbonyl (C=O) groups excluding carboxylic acids is 1. The molecule has 0 rings (SSSR count). The van der Waals surface area contributed by atoms with E-state index in [0.29, 0.717) is 13.0 Å². The standard InChI is InChI=1S/C9H20N2OS/c1-13-8-3-2-7-11-9(12)5-4-6-10/h2-8,10H2,1H3,(H,11,12). The molecule has 0 bridgehead atoms. The lowest BCUT2D eigenvalue weighted by Gasteiger charge is -2.03. The predicted octanol–water partition coefficient (Wildman–Crippen LogP) is 0.985. The summed E-state index contributed by atoms with van der Waals surface area (Å²) in [6, 6.07) is 0. The summed E-state index contributed by atoms with van der Waals surface area (Å²) in [6.07, 6.45) is 5.71. The Morgan fingerprint density at radius 1 is 1.38 bits per heavy atom. The number of nitrogens with one attached hydrogen (secondary N) is 1. The summed E-state index contributed by atoms with van der Waals surface area (Å²) in [5.41, 5.74) is 5.29. The van der Waals surface area contributed by atoms with Gasteiger partial charge in [-0.25, -0.2) is 0 Å². The van der Waals surface area contributed by atoms with Crippen LogP contribution in [-0.4, -0.2) is 31.0 Å². The molecule has 0 aromatic carbocycles. The maximum Gasteiger partial charge on any atom is 0.220 e. The fourth-order valence-electron chi connectivity index (χ4n) is 0.950. The van der Waals surface area contributed by atoms with Crippen LogP contribution in [-0.2, 0) is 4.79 Å². The third-order valence-corrected chi connectivity index (χ3v) is 2.40. The number of unbranched alkanes of at least 4 members (excludes halogenated alkanes) is 1. The molecule has 0 spiro atoms. The second-order valence-corrected chi connectivity index (χ2v) is 3.93. The third kappa shape index (κ3) is 9.70. The van der Waals surface area contributed by atoms with Gasteiger partial charge in [0.15, 0.2) is 0 Å². The smallest absolute Gasteiger partial charge is 0.220 e. The average molecular weight is 204 g/mol. The Balaban J connectivity index is 3.08. The van der Waals surface area contributed by atoms with Gasteiger partial charge in [0.2, 0.25) is 5.91 Å². The van der Waals surface area contributed by atoms with Crippen molar-refractivity contribution in [1.29, 1.82) is 0 Å². The molecule has 0 saturated carbocycles. The van der Waals surface area contributed by atoms with Crippen LogP contribution < -0.4 is 11.1 Å². The molecule has 0 aromatic rings. The van der Waals surface area contributed by atoms with Gasteiger partial charge in [0.25, 0.3) is 0 Å². The van der Waals surface area contributed by atoms with Gasteiger partial charge in [-0.15, -0.1) is 0 Å². The van der Waals surface area contributed by atoms with Gasteiger partial charge < -0.3 is 11.1 Å². The highest BCUT2D eigenvalue weighted by Gasteiger charge is 1.98. The first-order valence-corrected chi connectivity index (χ1v) is 6.16. The summed E-state index contributed by atoms with van der Waals surface area (Å²) in [5.74, 6) is 1.31. The Morgan fingerprint density at radius 2 is 2.15 bits per heavy atom. The Bertz CT molecular complexity index is 131. The van der Waals surface area contributed by atoms with E-state index < -0.39 is 0 Å². The van der Waals surface area contributed by atoms with E-state index in [-0.39, 0.29) is 5.91 Å². The van der Waals surface area contributed by atoms with Crippen molar-refractivity contribution in [1.82, 2.24) is 5.32 Å². The first-order chi connectivity index (χ1) is 6.31. The van der Waals surface area contributed by atoms with Crippen LogP contribution in [0.25, 0.3) is 0 Å². The van der Waals surface area contributed by atoms with Gasteiger partial charge in [-0.2, -0.15) is 11.8 Å². The first kappa shape index (κ1) is 12.8. The van der Waals surface area contributed by atoms with Gasteiger partial charge in [0.1, 0.15) is 0 Å². The van der Waals surface area contributed by atoms with Gasteiger partial charge in [-0.05, 0) is 37.8 Å². The number of amides is 1. The van der Waals surface area contributed by atoms with E-state index in [1.807, 2.05) is 11.8 Å². The van der Waals surface area contributed by atoms with Gasteiger partial charge in [0, 0.05) is 13.0 Å². The molecule has 13 heavy (non-hydrogen) atoms. The Labute approximate surface area is 84.8 Å². The predicted molar refractivity (Wildman–Crippen MR) is 58.9 cm³/mol. The number of hydrogen-bond acceptors (Lipinski definition) is 3. The lowest BCUT2D eigenvalue weighted by Crippen LogP contribution is -2.24. The molecule has 0 heterocycles. The van der Waals surface area contributed by atoms with Crippen molar-refractivity contribution in [3.63, 3.8) is 0 Å². The summed E-state index contributed by atoms with van der Waals surface area (Å²) in [6.45, 7) is 1.41. The van der Waals surface area contributed by atoms with Crippen molar-refractivity contribution in [2.24, 2.45) is 5.73 Å². The van der Waals surface area contributed by atoms with Crippen LogP contribution in [0.2, 0.25) is 0 Å². The molecule has 0 saturated heterocycles. The van der Waals surface area contributed by atoms with Crippen LogP contribution >= 0.6 is 11.8 Å². The molecule has 4 heteroatoms. The molecule has 0 unspecified atom stereocenters. The van der Waals surface area contributed by atoms with Gasteiger partial charge in [-0.3, -0.25) is 4.79 Å². The number of nitrogens with two attached hydrogens (primary N) is 1. The number of carbonyl (C=O) groups is 1. The highest BCUT2D eigenvalue weighted by atomic mass is 32.2. The minimum absolute atomic E-state index is 0.134. The SMILES string of the molecule is CSCCCCNC(=O)CCCN. The van der Waals surface area contributed by atoms with Crippen molar-refractivity contribution in [2.75, 3.05) is 25.1 Å². The summed E-state index contributed by atoms with van der Waals surface area (Å²) < 4.78 is 0. The maximum absolute atomic E-state index is 11.1. The summed E-state index contributed by atoms with van der Waals surface area (Å²) in [7, 11) is 0. The van der Waals surface area contributed by atoms with Gasteiger partial charge in [0.05, 0.1) is 0 Å². The van der Waals surface area contributed by atoms with E-state index >= 15 is 0 Å². The monoisotopic (exact) mass is 204 g/mol. The molecule has 0 aliphatic heterocycles. The molecule has 0 aliphatic carbocycles. The average Bonchev–Trinajstić information content (AvgIpc) is 2.14. The molecule has 0 atom stereocenters. The first-order valence-electron chi connectivity index (χ1n) is 4.77. The lowest BCUT2D eigenvalue weighted by molar-refractivity contribution is -0.121. The Morgan fingerprint density at radius 3 is 2.77 bits per heavy atom. The number of hydrogen-bond donors (Lipinski definition) is 2. The van der Waals surface area contributed by atoms with Crippen LogP contribution in [0.4, 0.5) is 0 Å². The minimum atomic E-state index is 0.134. The molecular formula is C9H20N2OS. The van der Waals surface area contributed by atoms with Crippen molar-refractivity contribution in [3.05, 3.63) is 0 Å². The van der Waals surface area contributed by atoms with E-state index in [0.717, 1.165) is 19.4 Å². The minimum Gasteiger partial charge on any atom is -0.356 e.